The zero-order valence-corrected chi connectivity index (χ0v) is 10.9. The Balaban J connectivity index is 1.65. The van der Waals surface area contributed by atoms with Crippen molar-refractivity contribution in [3.8, 4) is 0 Å². The van der Waals surface area contributed by atoms with Crippen molar-refractivity contribution >= 4 is 23.2 Å². The molecule has 0 bridgehead atoms. The van der Waals surface area contributed by atoms with Crippen molar-refractivity contribution in [3.63, 3.8) is 0 Å². The van der Waals surface area contributed by atoms with Crippen LogP contribution in [0, 0.1) is 0 Å². The van der Waals surface area contributed by atoms with Gasteiger partial charge in [-0.1, -0.05) is 16.8 Å². The molecule has 2 rings (SSSR count). The number of amides is 1. The fraction of sp³-hybridized carbons (Fsp3) is 0.250. The van der Waals surface area contributed by atoms with Gasteiger partial charge in [-0.15, -0.1) is 0 Å². The average molecular weight is 281 g/mol. The number of halogens is 1. The normalized spacial score (nSPS) is 10.4. The Labute approximate surface area is 115 Å². The second-order valence-corrected chi connectivity index (χ2v) is 4.25. The van der Waals surface area contributed by atoms with Crippen LogP contribution in [0.25, 0.3) is 0 Å². The monoisotopic (exact) mass is 280 g/mol. The number of benzene rings is 1. The lowest BCUT2D eigenvalue weighted by Gasteiger charge is -2.05. The van der Waals surface area contributed by atoms with Gasteiger partial charge >= 0.3 is 0 Å². The summed E-state index contributed by atoms with van der Waals surface area (Å²) >= 11 is 5.75. The highest BCUT2D eigenvalue weighted by Crippen LogP contribution is 2.12. The maximum atomic E-state index is 11.6. The van der Waals surface area contributed by atoms with Crippen molar-refractivity contribution in [2.45, 2.75) is 6.42 Å². The molecule has 0 unspecified atom stereocenters. The quantitative estimate of drug-likeness (QED) is 0.784. The molecular formula is C12H13ClN4O2. The Hall–Kier alpha value is -1.92. The lowest BCUT2D eigenvalue weighted by atomic mass is 10.3. The Morgan fingerprint density at radius 3 is 2.79 bits per heavy atom. The third kappa shape index (κ3) is 4.69. The summed E-state index contributed by atoms with van der Waals surface area (Å²) in [6.45, 7) is 0.812. The molecule has 1 heterocycles. The lowest BCUT2D eigenvalue weighted by Crippen LogP contribution is -2.29. The molecule has 0 aliphatic rings. The van der Waals surface area contributed by atoms with Crippen LogP contribution in [0.2, 0.25) is 5.02 Å². The molecule has 0 fully saturated rings. The highest BCUT2D eigenvalue weighted by atomic mass is 35.5. The number of hydrogen-bond donors (Lipinski definition) is 2. The van der Waals surface area contributed by atoms with Gasteiger partial charge in [-0.25, -0.2) is 0 Å². The number of nitrogens with one attached hydrogen (secondary N) is 2. The molecule has 0 spiro atoms. The second kappa shape index (κ2) is 6.86. The summed E-state index contributed by atoms with van der Waals surface area (Å²) in [6.07, 6.45) is 1.94. The Morgan fingerprint density at radius 1 is 1.32 bits per heavy atom. The third-order valence-electron chi connectivity index (χ3n) is 2.34. The van der Waals surface area contributed by atoms with Gasteiger partial charge in [0, 0.05) is 23.7 Å². The van der Waals surface area contributed by atoms with Crippen LogP contribution in [0.5, 0.6) is 0 Å². The number of carbonyl (C=O) groups excluding carboxylic acids is 1. The molecule has 1 aromatic heterocycles. The van der Waals surface area contributed by atoms with Crippen LogP contribution in [0.3, 0.4) is 0 Å². The zero-order chi connectivity index (χ0) is 13.5. The van der Waals surface area contributed by atoms with E-state index in [1.165, 1.54) is 6.33 Å². The van der Waals surface area contributed by atoms with Crippen molar-refractivity contribution in [2.75, 3.05) is 18.4 Å². The molecule has 2 N–H and O–H groups in total. The summed E-state index contributed by atoms with van der Waals surface area (Å²) in [5, 5.41) is 9.87. The maximum absolute atomic E-state index is 11.6. The van der Waals surface area contributed by atoms with Crippen LogP contribution in [-0.4, -0.2) is 29.1 Å². The fourth-order valence-electron chi connectivity index (χ4n) is 1.44. The number of nitrogens with zero attached hydrogens (tertiary/aromatic N) is 2. The molecule has 2 aromatic rings. The first-order valence-corrected chi connectivity index (χ1v) is 6.13. The van der Waals surface area contributed by atoms with E-state index in [1.807, 2.05) is 0 Å². The number of anilines is 1. The van der Waals surface area contributed by atoms with Crippen molar-refractivity contribution in [1.29, 1.82) is 0 Å². The Morgan fingerprint density at radius 2 is 2.11 bits per heavy atom. The van der Waals surface area contributed by atoms with Gasteiger partial charge in [-0.2, -0.15) is 4.98 Å². The predicted molar refractivity (Wildman–Crippen MR) is 71.0 cm³/mol. The highest BCUT2D eigenvalue weighted by molar-refractivity contribution is 6.30. The van der Waals surface area contributed by atoms with Crippen molar-refractivity contribution in [1.82, 2.24) is 15.5 Å². The fourth-order valence-corrected chi connectivity index (χ4v) is 1.57. The minimum Gasteiger partial charge on any atom is -0.340 e. The summed E-state index contributed by atoms with van der Waals surface area (Å²) in [5.74, 6) is 0.429. The molecule has 0 saturated carbocycles. The van der Waals surface area contributed by atoms with Crippen LogP contribution in [0.15, 0.2) is 35.1 Å². The summed E-state index contributed by atoms with van der Waals surface area (Å²) in [4.78, 5) is 15.5. The van der Waals surface area contributed by atoms with Gasteiger partial charge in [0.1, 0.15) is 0 Å². The minimum atomic E-state index is -0.118. The molecule has 0 radical (unpaired) electrons. The summed E-state index contributed by atoms with van der Waals surface area (Å²) < 4.78 is 4.83. The van der Waals surface area contributed by atoms with Crippen molar-refractivity contribution in [3.05, 3.63) is 41.5 Å². The molecule has 1 aromatic carbocycles. The van der Waals surface area contributed by atoms with E-state index in [9.17, 15) is 4.79 Å². The first-order chi connectivity index (χ1) is 9.24. The molecule has 6 nitrogen and oxygen atoms in total. The molecule has 19 heavy (non-hydrogen) atoms. The topological polar surface area (TPSA) is 80.1 Å². The molecule has 0 aliphatic carbocycles. The van der Waals surface area contributed by atoms with E-state index in [2.05, 4.69) is 20.8 Å². The first kappa shape index (κ1) is 13.5. The average Bonchev–Trinajstić information content (AvgIpc) is 2.91. The standard InChI is InChI=1S/C12H13ClN4O2/c13-9-1-3-10(4-2-9)17-11(18)7-14-6-5-12-15-8-16-19-12/h1-4,8,14H,5-7H2,(H,17,18). The van der Waals surface area contributed by atoms with Gasteiger partial charge in [0.25, 0.3) is 0 Å². The second-order valence-electron chi connectivity index (χ2n) is 3.82. The molecule has 0 aliphatic heterocycles. The smallest absolute Gasteiger partial charge is 0.238 e. The van der Waals surface area contributed by atoms with E-state index < -0.39 is 0 Å². The summed E-state index contributed by atoms with van der Waals surface area (Å²) in [5.41, 5.74) is 0.716. The van der Waals surface area contributed by atoms with Crippen LogP contribution < -0.4 is 10.6 Å². The summed E-state index contributed by atoms with van der Waals surface area (Å²) in [7, 11) is 0. The first-order valence-electron chi connectivity index (χ1n) is 5.76. The minimum absolute atomic E-state index is 0.118. The maximum Gasteiger partial charge on any atom is 0.238 e. The molecule has 1 amide bonds. The van der Waals surface area contributed by atoms with E-state index in [0.29, 0.717) is 29.6 Å². The van der Waals surface area contributed by atoms with E-state index in [4.69, 9.17) is 16.1 Å². The lowest BCUT2D eigenvalue weighted by molar-refractivity contribution is -0.115. The van der Waals surface area contributed by atoms with Gasteiger partial charge in [0.15, 0.2) is 6.33 Å². The summed E-state index contributed by atoms with van der Waals surface area (Å²) in [6, 6.07) is 6.94. The highest BCUT2D eigenvalue weighted by Gasteiger charge is 2.03. The number of hydrogen-bond acceptors (Lipinski definition) is 5. The van der Waals surface area contributed by atoms with Gasteiger partial charge in [-0.3, -0.25) is 4.79 Å². The predicted octanol–water partition coefficient (Wildman–Crippen LogP) is 1.49. The molecule has 100 valence electrons. The van der Waals surface area contributed by atoms with Crippen LogP contribution in [-0.2, 0) is 11.2 Å². The van der Waals surface area contributed by atoms with Crippen LogP contribution in [0.1, 0.15) is 5.89 Å². The molecule has 7 heteroatoms. The van der Waals surface area contributed by atoms with E-state index in [1.54, 1.807) is 24.3 Å². The SMILES string of the molecule is O=C(CNCCc1ncno1)Nc1ccc(Cl)cc1. The third-order valence-corrected chi connectivity index (χ3v) is 2.59. The Bertz CT molecular complexity index is 513. The van der Waals surface area contributed by atoms with Crippen molar-refractivity contribution in [2.24, 2.45) is 0 Å². The molecule has 0 atom stereocenters. The van der Waals surface area contributed by atoms with E-state index in [-0.39, 0.29) is 12.5 Å². The number of aromatic nitrogens is 2. The number of rotatable bonds is 6. The zero-order valence-electron chi connectivity index (χ0n) is 10.1. The Kier molecular flexibility index (Phi) is 4.88. The molecular weight excluding hydrogens is 268 g/mol. The molecule has 0 saturated heterocycles. The van der Waals surface area contributed by atoms with Gasteiger partial charge in [0.05, 0.1) is 6.54 Å². The van der Waals surface area contributed by atoms with Crippen LogP contribution >= 0.6 is 11.6 Å². The largest absolute Gasteiger partial charge is 0.340 e. The van der Waals surface area contributed by atoms with Gasteiger partial charge in [0.2, 0.25) is 11.8 Å². The van der Waals surface area contributed by atoms with E-state index >= 15 is 0 Å². The van der Waals surface area contributed by atoms with Gasteiger partial charge in [-0.05, 0) is 24.3 Å². The van der Waals surface area contributed by atoms with Crippen LogP contribution in [0.4, 0.5) is 5.69 Å². The van der Waals surface area contributed by atoms with E-state index in [0.717, 1.165) is 0 Å². The van der Waals surface area contributed by atoms with Crippen molar-refractivity contribution < 1.29 is 9.32 Å². The number of carbonyl (C=O) groups is 1. The van der Waals surface area contributed by atoms with Gasteiger partial charge < -0.3 is 15.2 Å².